The van der Waals surface area contributed by atoms with Gasteiger partial charge in [-0.3, -0.25) is 0 Å². The van der Waals surface area contributed by atoms with Crippen molar-refractivity contribution in [3.63, 3.8) is 0 Å². The van der Waals surface area contributed by atoms with E-state index in [2.05, 4.69) is 12.2 Å². The van der Waals surface area contributed by atoms with E-state index in [4.69, 9.17) is 9.47 Å². The smallest absolute Gasteiger partial charge is 0.0897 e. The van der Waals surface area contributed by atoms with Crippen molar-refractivity contribution in [2.75, 3.05) is 32.9 Å². The van der Waals surface area contributed by atoms with Gasteiger partial charge in [-0.05, 0) is 24.9 Å². The standard InChI is InChI=1S/C16H27NO3/c1-2-10-19-11-6-9-17-12-16(18)14-20-13-15-7-4-3-5-8-15/h3-5,7-8,16-18H,2,6,9-14H2,1H3. The summed E-state index contributed by atoms with van der Waals surface area (Å²) in [4.78, 5) is 0. The Balaban J connectivity index is 1.91. The van der Waals surface area contributed by atoms with Gasteiger partial charge in [0.1, 0.15) is 0 Å². The van der Waals surface area contributed by atoms with E-state index < -0.39 is 6.10 Å². The van der Waals surface area contributed by atoms with Gasteiger partial charge < -0.3 is 19.9 Å². The Hall–Kier alpha value is -0.940. The molecule has 0 amide bonds. The maximum atomic E-state index is 9.75. The number of benzene rings is 1. The third kappa shape index (κ3) is 9.04. The van der Waals surface area contributed by atoms with Crippen molar-refractivity contribution < 1.29 is 14.6 Å². The molecule has 1 aromatic rings. The molecule has 1 rings (SSSR count). The van der Waals surface area contributed by atoms with Crippen molar-refractivity contribution >= 4 is 0 Å². The maximum absolute atomic E-state index is 9.75. The van der Waals surface area contributed by atoms with E-state index in [1.165, 1.54) is 0 Å². The van der Waals surface area contributed by atoms with Gasteiger partial charge in [0.05, 0.1) is 19.3 Å². The number of aliphatic hydroxyl groups is 1. The van der Waals surface area contributed by atoms with E-state index in [0.29, 0.717) is 19.8 Å². The Morgan fingerprint density at radius 1 is 1.15 bits per heavy atom. The van der Waals surface area contributed by atoms with Gasteiger partial charge >= 0.3 is 0 Å². The van der Waals surface area contributed by atoms with Gasteiger partial charge in [-0.1, -0.05) is 37.3 Å². The number of ether oxygens (including phenoxy) is 2. The van der Waals surface area contributed by atoms with Crippen molar-refractivity contribution in [3.05, 3.63) is 35.9 Å². The zero-order chi connectivity index (χ0) is 14.5. The summed E-state index contributed by atoms with van der Waals surface area (Å²) in [5.74, 6) is 0. The molecule has 0 saturated heterocycles. The van der Waals surface area contributed by atoms with Gasteiger partial charge in [0, 0.05) is 19.8 Å². The lowest BCUT2D eigenvalue weighted by Gasteiger charge is -2.12. The molecule has 1 aromatic carbocycles. The van der Waals surface area contributed by atoms with Crippen LogP contribution in [0, 0.1) is 0 Å². The Kier molecular flexibility index (Phi) is 10.1. The topological polar surface area (TPSA) is 50.7 Å². The van der Waals surface area contributed by atoms with Gasteiger partial charge in [-0.2, -0.15) is 0 Å². The predicted octanol–water partition coefficient (Wildman–Crippen LogP) is 1.97. The first-order valence-corrected chi connectivity index (χ1v) is 7.41. The van der Waals surface area contributed by atoms with Crippen LogP contribution >= 0.6 is 0 Å². The second-order valence-electron chi connectivity index (χ2n) is 4.82. The van der Waals surface area contributed by atoms with Crippen molar-refractivity contribution in [1.82, 2.24) is 5.32 Å². The lowest BCUT2D eigenvalue weighted by Crippen LogP contribution is -2.31. The molecule has 4 nitrogen and oxygen atoms in total. The molecule has 1 atom stereocenters. The highest BCUT2D eigenvalue weighted by atomic mass is 16.5. The predicted molar refractivity (Wildman–Crippen MR) is 80.7 cm³/mol. The molecule has 0 aliphatic carbocycles. The number of hydrogen-bond donors (Lipinski definition) is 2. The van der Waals surface area contributed by atoms with E-state index in [9.17, 15) is 5.11 Å². The van der Waals surface area contributed by atoms with Crippen molar-refractivity contribution in [2.24, 2.45) is 0 Å². The average molecular weight is 281 g/mol. The third-order valence-electron chi connectivity index (χ3n) is 2.79. The molecular formula is C16H27NO3. The second-order valence-corrected chi connectivity index (χ2v) is 4.82. The normalized spacial score (nSPS) is 12.5. The molecule has 114 valence electrons. The minimum atomic E-state index is -0.463. The van der Waals surface area contributed by atoms with Crippen LogP contribution in [0.4, 0.5) is 0 Å². The lowest BCUT2D eigenvalue weighted by atomic mass is 10.2. The first-order chi connectivity index (χ1) is 9.83. The number of nitrogens with one attached hydrogen (secondary N) is 1. The molecule has 0 bridgehead atoms. The Morgan fingerprint density at radius 3 is 2.70 bits per heavy atom. The van der Waals surface area contributed by atoms with Crippen molar-refractivity contribution in [3.8, 4) is 0 Å². The minimum absolute atomic E-state index is 0.355. The third-order valence-corrected chi connectivity index (χ3v) is 2.79. The van der Waals surface area contributed by atoms with Crippen molar-refractivity contribution in [1.29, 1.82) is 0 Å². The lowest BCUT2D eigenvalue weighted by molar-refractivity contribution is 0.0286. The molecule has 0 aliphatic heterocycles. The summed E-state index contributed by atoms with van der Waals surface area (Å²) < 4.78 is 10.9. The maximum Gasteiger partial charge on any atom is 0.0897 e. The average Bonchev–Trinajstić information content (AvgIpc) is 2.47. The van der Waals surface area contributed by atoms with Gasteiger partial charge in [-0.25, -0.2) is 0 Å². The molecule has 2 N–H and O–H groups in total. The summed E-state index contributed by atoms with van der Waals surface area (Å²) in [6.07, 6.45) is 1.57. The zero-order valence-electron chi connectivity index (χ0n) is 12.4. The summed E-state index contributed by atoms with van der Waals surface area (Å²) >= 11 is 0. The summed E-state index contributed by atoms with van der Waals surface area (Å²) in [6, 6.07) is 9.98. The molecule has 0 aliphatic rings. The van der Waals surface area contributed by atoms with Gasteiger partial charge in [0.25, 0.3) is 0 Å². The molecule has 20 heavy (non-hydrogen) atoms. The van der Waals surface area contributed by atoms with Gasteiger partial charge in [0.2, 0.25) is 0 Å². The first kappa shape index (κ1) is 17.1. The Morgan fingerprint density at radius 2 is 1.95 bits per heavy atom. The molecule has 0 fully saturated rings. The molecule has 0 radical (unpaired) electrons. The first-order valence-electron chi connectivity index (χ1n) is 7.41. The fourth-order valence-corrected chi connectivity index (χ4v) is 1.76. The van der Waals surface area contributed by atoms with Crippen LogP contribution in [0.3, 0.4) is 0 Å². The van der Waals surface area contributed by atoms with Gasteiger partial charge in [0.15, 0.2) is 0 Å². The SMILES string of the molecule is CCCOCCCNCC(O)COCc1ccccc1. The Labute approximate surface area is 122 Å². The van der Waals surface area contributed by atoms with Crippen LogP contribution in [0.1, 0.15) is 25.3 Å². The molecule has 0 aromatic heterocycles. The summed E-state index contributed by atoms with van der Waals surface area (Å²) in [5.41, 5.74) is 1.13. The second kappa shape index (κ2) is 11.9. The fraction of sp³-hybridized carbons (Fsp3) is 0.625. The van der Waals surface area contributed by atoms with Crippen LogP contribution in [-0.4, -0.2) is 44.1 Å². The largest absolute Gasteiger partial charge is 0.389 e. The van der Waals surface area contributed by atoms with Crippen LogP contribution in [0.15, 0.2) is 30.3 Å². The highest BCUT2D eigenvalue weighted by molar-refractivity contribution is 5.13. The van der Waals surface area contributed by atoms with E-state index in [-0.39, 0.29) is 0 Å². The molecule has 0 spiro atoms. The minimum Gasteiger partial charge on any atom is -0.389 e. The van der Waals surface area contributed by atoms with Crippen molar-refractivity contribution in [2.45, 2.75) is 32.5 Å². The Bertz CT molecular complexity index is 319. The van der Waals surface area contributed by atoms with Crippen LogP contribution < -0.4 is 5.32 Å². The summed E-state index contributed by atoms with van der Waals surface area (Å²) in [5, 5.41) is 12.9. The van der Waals surface area contributed by atoms with Crippen LogP contribution in [0.5, 0.6) is 0 Å². The quantitative estimate of drug-likeness (QED) is 0.575. The summed E-state index contributed by atoms with van der Waals surface area (Å²) in [6.45, 7) is 6.03. The molecule has 1 unspecified atom stereocenters. The number of hydrogen-bond acceptors (Lipinski definition) is 4. The van der Waals surface area contributed by atoms with Crippen LogP contribution in [-0.2, 0) is 16.1 Å². The molecule has 0 heterocycles. The monoisotopic (exact) mass is 281 g/mol. The van der Waals surface area contributed by atoms with Gasteiger partial charge in [-0.15, -0.1) is 0 Å². The molecule has 0 saturated carbocycles. The highest BCUT2D eigenvalue weighted by Gasteiger charge is 2.03. The molecular weight excluding hydrogens is 254 g/mol. The van der Waals surface area contributed by atoms with E-state index in [1.54, 1.807) is 0 Å². The van der Waals surface area contributed by atoms with E-state index in [1.807, 2.05) is 30.3 Å². The van der Waals surface area contributed by atoms with Crippen LogP contribution in [0.2, 0.25) is 0 Å². The highest BCUT2D eigenvalue weighted by Crippen LogP contribution is 2.00. The van der Waals surface area contributed by atoms with E-state index >= 15 is 0 Å². The molecule has 4 heteroatoms. The summed E-state index contributed by atoms with van der Waals surface area (Å²) in [7, 11) is 0. The van der Waals surface area contributed by atoms with E-state index in [0.717, 1.165) is 38.2 Å². The number of aliphatic hydroxyl groups excluding tert-OH is 1. The number of rotatable bonds is 12. The van der Waals surface area contributed by atoms with Crippen LogP contribution in [0.25, 0.3) is 0 Å². The fourth-order valence-electron chi connectivity index (χ4n) is 1.76. The zero-order valence-corrected chi connectivity index (χ0v) is 12.4.